The molecule has 0 aliphatic heterocycles. The summed E-state index contributed by atoms with van der Waals surface area (Å²) in [6.07, 6.45) is 1.11. The zero-order chi connectivity index (χ0) is 17.0. The van der Waals surface area contributed by atoms with Gasteiger partial charge in [-0.3, -0.25) is 14.4 Å². The van der Waals surface area contributed by atoms with Gasteiger partial charge in [-0.25, -0.2) is 0 Å². The third-order valence-corrected chi connectivity index (χ3v) is 3.94. The smallest absolute Gasteiger partial charge is 0.255 e. The predicted molar refractivity (Wildman–Crippen MR) is 88.0 cm³/mol. The highest BCUT2D eigenvalue weighted by molar-refractivity contribution is 6.03. The van der Waals surface area contributed by atoms with Gasteiger partial charge in [0.2, 0.25) is 11.8 Å². The first-order chi connectivity index (χ1) is 10.9. The topological polar surface area (TPSA) is 78.5 Å². The summed E-state index contributed by atoms with van der Waals surface area (Å²) in [5.74, 6) is 0.183. The van der Waals surface area contributed by atoms with Crippen LogP contribution in [0.3, 0.4) is 0 Å². The van der Waals surface area contributed by atoms with Crippen LogP contribution in [-0.4, -0.2) is 43.3 Å². The lowest BCUT2D eigenvalue weighted by Crippen LogP contribution is -2.29. The van der Waals surface area contributed by atoms with E-state index in [2.05, 4.69) is 10.6 Å². The zero-order valence-corrected chi connectivity index (χ0v) is 13.8. The summed E-state index contributed by atoms with van der Waals surface area (Å²) in [7, 11) is 3.32. The van der Waals surface area contributed by atoms with E-state index in [0.717, 1.165) is 6.42 Å². The lowest BCUT2D eigenvalue weighted by molar-refractivity contribution is -0.122. The van der Waals surface area contributed by atoms with Gasteiger partial charge in [-0.1, -0.05) is 19.1 Å². The molecule has 1 saturated carbocycles. The average molecular weight is 317 g/mol. The van der Waals surface area contributed by atoms with E-state index in [1.807, 2.05) is 6.92 Å². The highest BCUT2D eigenvalue weighted by atomic mass is 16.2. The van der Waals surface area contributed by atoms with Crippen molar-refractivity contribution in [3.63, 3.8) is 0 Å². The first kappa shape index (κ1) is 17.0. The molecule has 1 aromatic carbocycles. The Morgan fingerprint density at radius 1 is 1.22 bits per heavy atom. The van der Waals surface area contributed by atoms with Crippen molar-refractivity contribution in [2.45, 2.75) is 19.8 Å². The molecule has 124 valence electrons. The molecule has 1 aliphatic rings. The molecule has 0 heterocycles. The maximum atomic E-state index is 12.1. The summed E-state index contributed by atoms with van der Waals surface area (Å²) in [5, 5.41) is 5.51. The lowest BCUT2D eigenvalue weighted by Gasteiger charge is -2.14. The highest BCUT2D eigenvalue weighted by Crippen LogP contribution is 2.37. The number of rotatable bonds is 6. The number of amides is 3. The van der Waals surface area contributed by atoms with Gasteiger partial charge in [0, 0.05) is 33.0 Å². The molecular weight excluding hydrogens is 294 g/mol. The third-order valence-electron chi connectivity index (χ3n) is 3.94. The van der Waals surface area contributed by atoms with Gasteiger partial charge in [0.05, 0.1) is 11.3 Å². The van der Waals surface area contributed by atoms with Crippen LogP contribution in [0, 0.1) is 11.8 Å². The van der Waals surface area contributed by atoms with Gasteiger partial charge in [0.15, 0.2) is 0 Å². The van der Waals surface area contributed by atoms with Crippen LogP contribution in [0.25, 0.3) is 0 Å². The van der Waals surface area contributed by atoms with Gasteiger partial charge in [0.1, 0.15) is 0 Å². The highest BCUT2D eigenvalue weighted by Gasteiger charge is 2.38. The van der Waals surface area contributed by atoms with E-state index in [-0.39, 0.29) is 30.1 Å². The fourth-order valence-corrected chi connectivity index (χ4v) is 2.35. The maximum absolute atomic E-state index is 12.1. The Bertz CT molecular complexity index is 613. The van der Waals surface area contributed by atoms with Gasteiger partial charge in [-0.05, 0) is 24.5 Å². The summed E-state index contributed by atoms with van der Waals surface area (Å²) in [5.41, 5.74) is 0.931. The van der Waals surface area contributed by atoms with E-state index >= 15 is 0 Å². The largest absolute Gasteiger partial charge is 0.355 e. The monoisotopic (exact) mass is 317 g/mol. The van der Waals surface area contributed by atoms with E-state index < -0.39 is 0 Å². The van der Waals surface area contributed by atoms with Crippen molar-refractivity contribution >= 4 is 23.4 Å². The molecule has 3 amide bonds. The minimum Gasteiger partial charge on any atom is -0.355 e. The number of benzene rings is 1. The van der Waals surface area contributed by atoms with Crippen molar-refractivity contribution in [2.75, 3.05) is 26.0 Å². The summed E-state index contributed by atoms with van der Waals surface area (Å²) >= 11 is 0. The summed E-state index contributed by atoms with van der Waals surface area (Å²) in [6.45, 7) is 2.34. The molecule has 0 radical (unpaired) electrons. The number of nitrogens with one attached hydrogen (secondary N) is 2. The second-order valence-corrected chi connectivity index (χ2v) is 6.15. The Morgan fingerprint density at radius 3 is 2.48 bits per heavy atom. The number of carbonyl (C=O) groups excluding carboxylic acids is 3. The summed E-state index contributed by atoms with van der Waals surface area (Å²) < 4.78 is 0. The van der Waals surface area contributed by atoms with Gasteiger partial charge >= 0.3 is 0 Å². The number of para-hydroxylation sites is 1. The molecule has 2 unspecified atom stereocenters. The SMILES string of the molecule is CC1CC1C(=O)NCCC(=O)Nc1ccccc1C(=O)N(C)C. The van der Waals surface area contributed by atoms with Crippen LogP contribution in [0.1, 0.15) is 30.1 Å². The fraction of sp³-hybridized carbons (Fsp3) is 0.471. The molecule has 0 saturated heterocycles. The fourth-order valence-electron chi connectivity index (χ4n) is 2.35. The third kappa shape index (κ3) is 4.55. The second-order valence-electron chi connectivity index (χ2n) is 6.15. The van der Waals surface area contributed by atoms with E-state index in [1.54, 1.807) is 38.4 Å². The van der Waals surface area contributed by atoms with Crippen LogP contribution in [-0.2, 0) is 9.59 Å². The number of hydrogen-bond donors (Lipinski definition) is 2. The normalized spacial score (nSPS) is 18.9. The molecule has 0 spiro atoms. The molecule has 0 bridgehead atoms. The van der Waals surface area contributed by atoms with E-state index in [4.69, 9.17) is 0 Å². The van der Waals surface area contributed by atoms with Gasteiger partial charge in [-0.2, -0.15) is 0 Å². The molecule has 1 aliphatic carbocycles. The van der Waals surface area contributed by atoms with E-state index in [9.17, 15) is 14.4 Å². The van der Waals surface area contributed by atoms with Gasteiger partial charge in [0.25, 0.3) is 5.91 Å². The molecule has 23 heavy (non-hydrogen) atoms. The minimum absolute atomic E-state index is 0.0217. The predicted octanol–water partition coefficient (Wildman–Crippen LogP) is 1.49. The van der Waals surface area contributed by atoms with Crippen LogP contribution >= 0.6 is 0 Å². The second kappa shape index (κ2) is 7.26. The first-order valence-corrected chi connectivity index (χ1v) is 7.78. The first-order valence-electron chi connectivity index (χ1n) is 7.78. The van der Waals surface area contributed by atoms with Crippen LogP contribution in [0.5, 0.6) is 0 Å². The van der Waals surface area contributed by atoms with Crippen LogP contribution in [0.2, 0.25) is 0 Å². The van der Waals surface area contributed by atoms with Gasteiger partial charge < -0.3 is 15.5 Å². The van der Waals surface area contributed by atoms with E-state index in [0.29, 0.717) is 23.7 Å². The average Bonchev–Trinajstić information content (AvgIpc) is 3.24. The van der Waals surface area contributed by atoms with Crippen LogP contribution in [0.15, 0.2) is 24.3 Å². The molecule has 6 nitrogen and oxygen atoms in total. The molecule has 2 N–H and O–H groups in total. The standard InChI is InChI=1S/C17H23N3O3/c1-11-10-13(11)16(22)18-9-8-15(21)19-14-7-5-4-6-12(14)17(23)20(2)3/h4-7,11,13H,8-10H2,1-3H3,(H,18,22)(H,19,21). The Hall–Kier alpha value is -2.37. The molecule has 1 fully saturated rings. The van der Waals surface area contributed by atoms with Crippen molar-refractivity contribution in [3.8, 4) is 0 Å². The molecule has 2 atom stereocenters. The van der Waals surface area contributed by atoms with Crippen LogP contribution in [0.4, 0.5) is 5.69 Å². The Balaban J connectivity index is 1.85. The van der Waals surface area contributed by atoms with Crippen molar-refractivity contribution in [1.29, 1.82) is 0 Å². The van der Waals surface area contributed by atoms with Crippen molar-refractivity contribution in [1.82, 2.24) is 10.2 Å². The van der Waals surface area contributed by atoms with E-state index in [1.165, 1.54) is 4.90 Å². The van der Waals surface area contributed by atoms with Crippen LogP contribution < -0.4 is 10.6 Å². The molecule has 6 heteroatoms. The summed E-state index contributed by atoms with van der Waals surface area (Å²) in [6, 6.07) is 6.88. The number of anilines is 1. The molecule has 0 aromatic heterocycles. The number of carbonyl (C=O) groups is 3. The number of hydrogen-bond acceptors (Lipinski definition) is 3. The summed E-state index contributed by atoms with van der Waals surface area (Å²) in [4.78, 5) is 37.2. The van der Waals surface area contributed by atoms with Crippen molar-refractivity contribution in [3.05, 3.63) is 29.8 Å². The minimum atomic E-state index is -0.229. The number of nitrogens with zero attached hydrogens (tertiary/aromatic N) is 1. The molecular formula is C17H23N3O3. The Morgan fingerprint density at radius 2 is 1.87 bits per heavy atom. The van der Waals surface area contributed by atoms with Gasteiger partial charge in [-0.15, -0.1) is 0 Å². The van der Waals surface area contributed by atoms with Crippen molar-refractivity contribution < 1.29 is 14.4 Å². The Labute approximate surface area is 136 Å². The molecule has 1 aromatic rings. The zero-order valence-electron chi connectivity index (χ0n) is 13.8. The van der Waals surface area contributed by atoms with Crippen molar-refractivity contribution in [2.24, 2.45) is 11.8 Å². The quantitative estimate of drug-likeness (QED) is 0.834. The molecule has 2 rings (SSSR count). The lowest BCUT2D eigenvalue weighted by atomic mass is 10.1. The maximum Gasteiger partial charge on any atom is 0.255 e. The Kier molecular flexibility index (Phi) is 5.36.